The van der Waals surface area contributed by atoms with Crippen LogP contribution in [0.4, 0.5) is 4.39 Å². The third-order valence-corrected chi connectivity index (χ3v) is 3.23. The highest BCUT2D eigenvalue weighted by Gasteiger charge is 2.06. The molecule has 0 aliphatic carbocycles. The fourth-order valence-corrected chi connectivity index (χ4v) is 2.45. The molecule has 100 valence electrons. The van der Waals surface area contributed by atoms with E-state index in [0.29, 0.717) is 17.7 Å². The summed E-state index contributed by atoms with van der Waals surface area (Å²) in [4.78, 5) is 12.0. The van der Waals surface area contributed by atoms with Crippen LogP contribution in [0.25, 0.3) is 0 Å². The number of ether oxygens (including phenoxy) is 1. The Morgan fingerprint density at radius 3 is 2.74 bits per heavy atom. The average molecular weight is 326 g/mol. The van der Waals surface area contributed by atoms with E-state index in [1.807, 2.05) is 0 Å². The summed E-state index contributed by atoms with van der Waals surface area (Å²) in [6, 6.07) is 6.43. The molecule has 0 fully saturated rings. The Kier molecular flexibility index (Phi) is 4.04. The summed E-state index contributed by atoms with van der Waals surface area (Å²) in [5.41, 5.74) is 1.26. The first-order valence-electron chi connectivity index (χ1n) is 5.70. The lowest BCUT2D eigenvalue weighted by Crippen LogP contribution is -2.22. The highest BCUT2D eigenvalue weighted by atomic mass is 79.9. The zero-order valence-corrected chi connectivity index (χ0v) is 12.2. The van der Waals surface area contributed by atoms with Gasteiger partial charge in [-0.1, -0.05) is 6.07 Å². The van der Waals surface area contributed by atoms with Gasteiger partial charge in [0.2, 0.25) is 0 Å². The van der Waals surface area contributed by atoms with E-state index in [1.165, 1.54) is 13.2 Å². The Morgan fingerprint density at radius 1 is 1.37 bits per heavy atom. The quantitative estimate of drug-likeness (QED) is 0.868. The van der Waals surface area contributed by atoms with Crippen molar-refractivity contribution in [3.8, 4) is 5.75 Å². The standard InChI is InChI=1S/C14H13BrFNO2/c1-9-5-11(15)8-17(14(9)18)7-10-3-4-13(19-2)12(16)6-10/h3-6,8H,7H2,1-2H3. The van der Waals surface area contributed by atoms with Crippen LogP contribution in [-0.2, 0) is 6.54 Å². The molecule has 0 atom stereocenters. The van der Waals surface area contributed by atoms with Gasteiger partial charge in [0.1, 0.15) is 0 Å². The Hall–Kier alpha value is -1.62. The monoisotopic (exact) mass is 325 g/mol. The fraction of sp³-hybridized carbons (Fsp3) is 0.214. The number of rotatable bonds is 3. The molecule has 2 aromatic rings. The second-order valence-corrected chi connectivity index (χ2v) is 5.16. The van der Waals surface area contributed by atoms with E-state index in [9.17, 15) is 9.18 Å². The van der Waals surface area contributed by atoms with Crippen molar-refractivity contribution < 1.29 is 9.13 Å². The summed E-state index contributed by atoms with van der Waals surface area (Å²) >= 11 is 3.34. The van der Waals surface area contributed by atoms with Crippen LogP contribution in [0.2, 0.25) is 0 Å². The second kappa shape index (κ2) is 5.57. The maximum absolute atomic E-state index is 13.6. The molecule has 0 saturated carbocycles. The molecule has 0 aliphatic heterocycles. The lowest BCUT2D eigenvalue weighted by Gasteiger charge is -2.09. The molecule has 1 aromatic heterocycles. The zero-order chi connectivity index (χ0) is 14.0. The van der Waals surface area contributed by atoms with E-state index in [0.717, 1.165) is 4.47 Å². The first kappa shape index (κ1) is 13.8. The highest BCUT2D eigenvalue weighted by molar-refractivity contribution is 9.10. The molecule has 0 N–H and O–H groups in total. The van der Waals surface area contributed by atoms with Gasteiger partial charge in [-0.25, -0.2) is 4.39 Å². The summed E-state index contributed by atoms with van der Waals surface area (Å²) in [7, 11) is 1.42. The van der Waals surface area contributed by atoms with Crippen LogP contribution in [0.5, 0.6) is 5.75 Å². The van der Waals surface area contributed by atoms with Crippen LogP contribution in [0, 0.1) is 12.7 Å². The molecule has 19 heavy (non-hydrogen) atoms. The number of hydrogen-bond donors (Lipinski definition) is 0. The normalized spacial score (nSPS) is 10.5. The number of pyridine rings is 1. The van der Waals surface area contributed by atoms with Crippen molar-refractivity contribution >= 4 is 15.9 Å². The smallest absolute Gasteiger partial charge is 0.253 e. The molecule has 2 rings (SSSR count). The summed E-state index contributed by atoms with van der Waals surface area (Å²) in [5.74, 6) is -0.235. The minimum absolute atomic E-state index is 0.0839. The minimum atomic E-state index is -0.431. The van der Waals surface area contributed by atoms with Crippen molar-refractivity contribution in [2.24, 2.45) is 0 Å². The van der Waals surface area contributed by atoms with Gasteiger partial charge in [0.05, 0.1) is 13.7 Å². The average Bonchev–Trinajstić information content (AvgIpc) is 2.35. The largest absolute Gasteiger partial charge is 0.494 e. The Morgan fingerprint density at radius 2 is 2.11 bits per heavy atom. The summed E-state index contributed by atoms with van der Waals surface area (Å²) in [6.07, 6.45) is 1.69. The van der Waals surface area contributed by atoms with Crippen molar-refractivity contribution in [3.63, 3.8) is 0 Å². The van der Waals surface area contributed by atoms with E-state index >= 15 is 0 Å². The summed E-state index contributed by atoms with van der Waals surface area (Å²) in [5, 5.41) is 0. The number of benzene rings is 1. The van der Waals surface area contributed by atoms with Crippen LogP contribution in [0.1, 0.15) is 11.1 Å². The van der Waals surface area contributed by atoms with Crippen molar-refractivity contribution in [3.05, 3.63) is 62.2 Å². The fourth-order valence-electron chi connectivity index (χ4n) is 1.86. The van der Waals surface area contributed by atoms with Gasteiger partial charge in [0.15, 0.2) is 11.6 Å². The van der Waals surface area contributed by atoms with E-state index in [-0.39, 0.29) is 11.3 Å². The number of aryl methyl sites for hydroxylation is 1. The Balaban J connectivity index is 2.36. The number of aromatic nitrogens is 1. The summed E-state index contributed by atoms with van der Waals surface area (Å²) < 4.78 is 20.8. The lowest BCUT2D eigenvalue weighted by atomic mass is 10.2. The van der Waals surface area contributed by atoms with Crippen LogP contribution in [-0.4, -0.2) is 11.7 Å². The SMILES string of the molecule is COc1ccc(Cn2cc(Br)cc(C)c2=O)cc1F. The predicted octanol–water partition coefficient (Wildman–Crippen LogP) is 3.12. The van der Waals surface area contributed by atoms with Gasteiger partial charge in [-0.05, 0) is 46.6 Å². The molecular formula is C14H13BrFNO2. The minimum Gasteiger partial charge on any atom is -0.494 e. The van der Waals surface area contributed by atoms with Crippen LogP contribution in [0.3, 0.4) is 0 Å². The summed E-state index contributed by atoms with van der Waals surface area (Å²) in [6.45, 7) is 2.07. The van der Waals surface area contributed by atoms with E-state index in [1.54, 1.807) is 35.9 Å². The Labute approximate surface area is 118 Å². The third-order valence-electron chi connectivity index (χ3n) is 2.80. The second-order valence-electron chi connectivity index (χ2n) is 4.24. The van der Waals surface area contributed by atoms with E-state index < -0.39 is 5.82 Å². The molecule has 0 bridgehead atoms. The zero-order valence-electron chi connectivity index (χ0n) is 10.6. The van der Waals surface area contributed by atoms with Gasteiger partial charge in [-0.2, -0.15) is 0 Å². The Bertz CT molecular complexity index is 667. The third kappa shape index (κ3) is 3.04. The number of methoxy groups -OCH3 is 1. The van der Waals surface area contributed by atoms with Gasteiger partial charge < -0.3 is 9.30 Å². The number of nitrogens with zero attached hydrogens (tertiary/aromatic N) is 1. The van der Waals surface area contributed by atoms with E-state index in [4.69, 9.17) is 4.74 Å². The number of halogens is 2. The molecule has 1 heterocycles. The predicted molar refractivity (Wildman–Crippen MR) is 75.2 cm³/mol. The van der Waals surface area contributed by atoms with Gasteiger partial charge in [0.25, 0.3) is 5.56 Å². The molecule has 3 nitrogen and oxygen atoms in total. The number of hydrogen-bond acceptors (Lipinski definition) is 2. The van der Waals surface area contributed by atoms with Gasteiger partial charge >= 0.3 is 0 Å². The molecule has 0 unspecified atom stereocenters. The first-order chi connectivity index (χ1) is 9.01. The van der Waals surface area contributed by atoms with Gasteiger partial charge in [-0.3, -0.25) is 4.79 Å². The molecule has 5 heteroatoms. The van der Waals surface area contributed by atoms with Crippen molar-refractivity contribution in [2.45, 2.75) is 13.5 Å². The van der Waals surface area contributed by atoms with Crippen LogP contribution >= 0.6 is 15.9 Å². The van der Waals surface area contributed by atoms with Crippen molar-refractivity contribution in [1.29, 1.82) is 0 Å². The topological polar surface area (TPSA) is 31.2 Å². The maximum atomic E-state index is 13.6. The van der Waals surface area contributed by atoms with Crippen LogP contribution in [0.15, 0.2) is 39.7 Å². The van der Waals surface area contributed by atoms with Crippen molar-refractivity contribution in [2.75, 3.05) is 7.11 Å². The first-order valence-corrected chi connectivity index (χ1v) is 6.49. The molecule has 0 saturated heterocycles. The highest BCUT2D eigenvalue weighted by Crippen LogP contribution is 2.18. The lowest BCUT2D eigenvalue weighted by molar-refractivity contribution is 0.386. The van der Waals surface area contributed by atoms with E-state index in [2.05, 4.69) is 15.9 Å². The van der Waals surface area contributed by atoms with Gasteiger partial charge in [-0.15, -0.1) is 0 Å². The molecule has 0 radical (unpaired) electrons. The molecule has 1 aromatic carbocycles. The van der Waals surface area contributed by atoms with Gasteiger partial charge in [0, 0.05) is 16.2 Å². The molecular weight excluding hydrogens is 313 g/mol. The van der Waals surface area contributed by atoms with Crippen molar-refractivity contribution in [1.82, 2.24) is 4.57 Å². The molecule has 0 spiro atoms. The maximum Gasteiger partial charge on any atom is 0.253 e. The molecule has 0 amide bonds. The molecule has 0 aliphatic rings. The van der Waals surface area contributed by atoms with Crippen LogP contribution < -0.4 is 10.3 Å².